The summed E-state index contributed by atoms with van der Waals surface area (Å²) in [6.07, 6.45) is 4.29. The minimum atomic E-state index is 0.381. The molecule has 0 spiro atoms. The third-order valence-electron chi connectivity index (χ3n) is 5.66. The fraction of sp³-hybridized carbons (Fsp3) is 0.611. The zero-order valence-corrected chi connectivity index (χ0v) is 12.6. The predicted molar refractivity (Wildman–Crippen MR) is 83.2 cm³/mol. The second kappa shape index (κ2) is 5.45. The number of fused-ring (bicyclic) bond motifs is 2. The molecule has 3 heteroatoms. The minimum Gasteiger partial charge on any atom is -0.342 e. The topological polar surface area (TPSA) is 32.3 Å². The molecule has 2 fully saturated rings. The van der Waals surface area contributed by atoms with Crippen LogP contribution in [-0.4, -0.2) is 37.0 Å². The molecule has 3 nitrogen and oxygen atoms in total. The minimum absolute atomic E-state index is 0.381. The SMILES string of the molecule is O=C(CC1CCCc2ccccc21)N1C[C@H]2CNC[C@H]2C1. The molecule has 2 aliphatic heterocycles. The zero-order valence-electron chi connectivity index (χ0n) is 12.6. The van der Waals surface area contributed by atoms with Crippen LogP contribution in [0.25, 0.3) is 0 Å². The number of likely N-dealkylation sites (tertiary alicyclic amines) is 1. The normalized spacial score (nSPS) is 31.0. The quantitative estimate of drug-likeness (QED) is 0.903. The summed E-state index contributed by atoms with van der Waals surface area (Å²) in [5.41, 5.74) is 2.89. The Morgan fingerprint density at radius 1 is 1.19 bits per heavy atom. The van der Waals surface area contributed by atoms with Gasteiger partial charge in [-0.3, -0.25) is 4.79 Å². The molecule has 21 heavy (non-hydrogen) atoms. The van der Waals surface area contributed by atoms with Gasteiger partial charge in [-0.2, -0.15) is 0 Å². The van der Waals surface area contributed by atoms with Gasteiger partial charge in [-0.15, -0.1) is 0 Å². The number of rotatable bonds is 2. The van der Waals surface area contributed by atoms with E-state index in [1.807, 2.05) is 0 Å². The number of carbonyl (C=O) groups excluding carboxylic acids is 1. The van der Waals surface area contributed by atoms with Crippen LogP contribution in [0.2, 0.25) is 0 Å². The average molecular weight is 284 g/mol. The van der Waals surface area contributed by atoms with Crippen LogP contribution in [-0.2, 0) is 11.2 Å². The summed E-state index contributed by atoms with van der Waals surface area (Å²) >= 11 is 0. The Hall–Kier alpha value is -1.35. The highest BCUT2D eigenvalue weighted by Crippen LogP contribution is 2.35. The van der Waals surface area contributed by atoms with Crippen molar-refractivity contribution in [3.63, 3.8) is 0 Å². The highest BCUT2D eigenvalue weighted by molar-refractivity contribution is 5.77. The summed E-state index contributed by atoms with van der Waals surface area (Å²) in [7, 11) is 0. The molecule has 3 atom stereocenters. The van der Waals surface area contributed by atoms with Gasteiger partial charge in [0.15, 0.2) is 0 Å². The molecule has 0 bridgehead atoms. The Kier molecular flexibility index (Phi) is 3.46. The number of hydrogen-bond donors (Lipinski definition) is 1. The van der Waals surface area contributed by atoms with Crippen molar-refractivity contribution < 1.29 is 4.79 Å². The van der Waals surface area contributed by atoms with E-state index in [2.05, 4.69) is 34.5 Å². The predicted octanol–water partition coefficient (Wildman–Crippen LogP) is 2.17. The van der Waals surface area contributed by atoms with Crippen LogP contribution in [0.4, 0.5) is 0 Å². The van der Waals surface area contributed by atoms with Crippen LogP contribution >= 0.6 is 0 Å². The molecule has 2 saturated heterocycles. The lowest BCUT2D eigenvalue weighted by Gasteiger charge is -2.27. The van der Waals surface area contributed by atoms with Gasteiger partial charge < -0.3 is 10.2 Å². The maximum Gasteiger partial charge on any atom is 0.223 e. The van der Waals surface area contributed by atoms with E-state index in [1.165, 1.54) is 30.4 Å². The van der Waals surface area contributed by atoms with Crippen molar-refractivity contribution in [2.75, 3.05) is 26.2 Å². The van der Waals surface area contributed by atoms with Crippen molar-refractivity contribution >= 4 is 5.91 Å². The van der Waals surface area contributed by atoms with Gasteiger partial charge >= 0.3 is 0 Å². The Bertz CT molecular complexity index is 530. The van der Waals surface area contributed by atoms with Crippen LogP contribution in [0, 0.1) is 11.8 Å². The Morgan fingerprint density at radius 3 is 2.76 bits per heavy atom. The molecular weight excluding hydrogens is 260 g/mol. The molecule has 0 radical (unpaired) electrons. The Morgan fingerprint density at radius 2 is 1.95 bits per heavy atom. The first-order chi connectivity index (χ1) is 10.3. The van der Waals surface area contributed by atoms with E-state index in [9.17, 15) is 4.79 Å². The maximum atomic E-state index is 12.7. The lowest BCUT2D eigenvalue weighted by Crippen LogP contribution is -2.33. The molecular formula is C18H24N2O. The van der Waals surface area contributed by atoms with Gasteiger partial charge in [-0.05, 0) is 48.1 Å². The van der Waals surface area contributed by atoms with Crippen molar-refractivity contribution in [1.29, 1.82) is 0 Å². The molecule has 1 aromatic rings. The number of nitrogens with one attached hydrogen (secondary N) is 1. The largest absolute Gasteiger partial charge is 0.342 e. The van der Waals surface area contributed by atoms with Crippen LogP contribution in [0.5, 0.6) is 0 Å². The molecule has 1 unspecified atom stereocenters. The zero-order chi connectivity index (χ0) is 14.2. The molecule has 1 N–H and O–H groups in total. The van der Waals surface area contributed by atoms with Gasteiger partial charge in [0.25, 0.3) is 0 Å². The highest BCUT2D eigenvalue weighted by Gasteiger charge is 2.38. The summed E-state index contributed by atoms with van der Waals surface area (Å²) in [4.78, 5) is 14.8. The van der Waals surface area contributed by atoms with Crippen LogP contribution < -0.4 is 5.32 Å². The lowest BCUT2D eigenvalue weighted by molar-refractivity contribution is -0.130. The fourth-order valence-electron chi connectivity index (χ4n) is 4.47. The fourth-order valence-corrected chi connectivity index (χ4v) is 4.47. The Balaban J connectivity index is 1.44. The van der Waals surface area contributed by atoms with Gasteiger partial charge in [0.2, 0.25) is 5.91 Å². The van der Waals surface area contributed by atoms with Crippen LogP contribution in [0.15, 0.2) is 24.3 Å². The number of hydrogen-bond acceptors (Lipinski definition) is 2. The van der Waals surface area contributed by atoms with Crippen molar-refractivity contribution in [3.05, 3.63) is 35.4 Å². The smallest absolute Gasteiger partial charge is 0.223 e. The second-order valence-corrected chi connectivity index (χ2v) is 6.97. The van der Waals surface area contributed by atoms with Gasteiger partial charge in [0.05, 0.1) is 0 Å². The molecule has 112 valence electrons. The van der Waals surface area contributed by atoms with Gasteiger partial charge in [0, 0.05) is 32.6 Å². The van der Waals surface area contributed by atoms with Crippen molar-refractivity contribution in [1.82, 2.24) is 10.2 Å². The van der Waals surface area contributed by atoms with E-state index >= 15 is 0 Å². The van der Waals surface area contributed by atoms with Gasteiger partial charge in [-0.1, -0.05) is 24.3 Å². The van der Waals surface area contributed by atoms with E-state index in [0.717, 1.165) is 26.2 Å². The third-order valence-corrected chi connectivity index (χ3v) is 5.66. The van der Waals surface area contributed by atoms with Crippen molar-refractivity contribution in [2.45, 2.75) is 31.6 Å². The summed E-state index contributed by atoms with van der Waals surface area (Å²) in [6, 6.07) is 8.71. The van der Waals surface area contributed by atoms with E-state index in [4.69, 9.17) is 0 Å². The molecule has 1 amide bonds. The van der Waals surface area contributed by atoms with E-state index in [1.54, 1.807) is 0 Å². The molecule has 1 aliphatic carbocycles. The molecule has 0 aromatic heterocycles. The lowest BCUT2D eigenvalue weighted by atomic mass is 9.81. The number of amides is 1. The molecule has 3 aliphatic rings. The maximum absolute atomic E-state index is 12.7. The first-order valence-corrected chi connectivity index (χ1v) is 8.37. The number of nitrogens with zero attached hydrogens (tertiary/aromatic N) is 1. The summed E-state index contributed by atoms with van der Waals surface area (Å²) < 4.78 is 0. The standard InChI is InChI=1S/C18H24N2O/c21-18(20-11-15-9-19-10-16(15)12-20)8-14-6-3-5-13-4-1-2-7-17(13)14/h1-2,4,7,14-16,19H,3,5-6,8-12H2/t14?,15-,16+. The first kappa shape index (κ1) is 13.3. The van der Waals surface area contributed by atoms with Crippen molar-refractivity contribution in [2.24, 2.45) is 11.8 Å². The number of carbonyl (C=O) groups is 1. The molecule has 4 rings (SSSR count). The summed E-state index contributed by atoms with van der Waals surface area (Å²) in [5.74, 6) is 2.23. The van der Waals surface area contributed by atoms with E-state index < -0.39 is 0 Å². The van der Waals surface area contributed by atoms with Crippen LogP contribution in [0.3, 0.4) is 0 Å². The third kappa shape index (κ3) is 2.48. The Labute approximate surface area is 126 Å². The van der Waals surface area contributed by atoms with Gasteiger partial charge in [0.1, 0.15) is 0 Å². The highest BCUT2D eigenvalue weighted by atomic mass is 16.2. The molecule has 1 aromatic carbocycles. The van der Waals surface area contributed by atoms with Crippen LogP contribution in [0.1, 0.15) is 36.3 Å². The average Bonchev–Trinajstić information content (AvgIpc) is 3.09. The van der Waals surface area contributed by atoms with E-state index in [-0.39, 0.29) is 0 Å². The molecule has 2 heterocycles. The van der Waals surface area contributed by atoms with Crippen molar-refractivity contribution in [3.8, 4) is 0 Å². The second-order valence-electron chi connectivity index (χ2n) is 6.97. The van der Waals surface area contributed by atoms with E-state index in [0.29, 0.717) is 30.1 Å². The first-order valence-electron chi connectivity index (χ1n) is 8.37. The summed E-state index contributed by atoms with van der Waals surface area (Å²) in [5, 5.41) is 3.44. The summed E-state index contributed by atoms with van der Waals surface area (Å²) in [6.45, 7) is 4.15. The number of aryl methyl sites for hydroxylation is 1. The van der Waals surface area contributed by atoms with Gasteiger partial charge in [-0.25, -0.2) is 0 Å². The number of benzene rings is 1. The monoisotopic (exact) mass is 284 g/mol. The molecule has 0 saturated carbocycles.